The average molecular weight is 449 g/mol. The van der Waals surface area contributed by atoms with Gasteiger partial charge in [0, 0.05) is 12.3 Å². The summed E-state index contributed by atoms with van der Waals surface area (Å²) in [4.78, 5) is 24.4. The summed E-state index contributed by atoms with van der Waals surface area (Å²) >= 11 is 0. The zero-order valence-electron chi connectivity index (χ0n) is 17.8. The molecule has 2 aromatic carbocycles. The van der Waals surface area contributed by atoms with E-state index in [4.69, 9.17) is 9.47 Å². The van der Waals surface area contributed by atoms with E-state index in [1.165, 1.54) is 13.0 Å². The molecule has 1 aliphatic rings. The Morgan fingerprint density at radius 2 is 1.87 bits per heavy atom. The van der Waals surface area contributed by atoms with Crippen LogP contribution in [0.25, 0.3) is 10.8 Å². The van der Waals surface area contributed by atoms with Gasteiger partial charge in [0.15, 0.2) is 0 Å². The van der Waals surface area contributed by atoms with E-state index >= 15 is 0 Å². The van der Waals surface area contributed by atoms with Gasteiger partial charge in [-0.1, -0.05) is 50.2 Å². The lowest BCUT2D eigenvalue weighted by Crippen LogP contribution is -2.52. The molecule has 2 N–H and O–H groups in total. The normalized spacial score (nSPS) is 20.0. The molecule has 1 fully saturated rings. The van der Waals surface area contributed by atoms with E-state index in [-0.39, 0.29) is 10.8 Å². The Bertz CT molecular complexity index is 1050. The highest BCUT2D eigenvalue weighted by molar-refractivity contribution is 7.89. The molecule has 9 heteroatoms. The number of hydrogen-bond acceptors (Lipinski definition) is 6. The summed E-state index contributed by atoms with van der Waals surface area (Å²) in [6, 6.07) is 10.7. The first-order valence-electron chi connectivity index (χ1n) is 10.3. The lowest BCUT2D eigenvalue weighted by Gasteiger charge is -2.24. The second-order valence-corrected chi connectivity index (χ2v) is 9.72. The maximum atomic E-state index is 13.2. The van der Waals surface area contributed by atoms with Crippen LogP contribution in [0.4, 0.5) is 0 Å². The molecule has 0 unspecified atom stereocenters. The second kappa shape index (κ2) is 9.76. The lowest BCUT2D eigenvalue weighted by molar-refractivity contribution is -0.170. The Morgan fingerprint density at radius 3 is 2.58 bits per heavy atom. The van der Waals surface area contributed by atoms with Crippen molar-refractivity contribution in [3.8, 4) is 0 Å². The molecule has 1 saturated heterocycles. The number of hydrogen-bond donors (Lipinski definition) is 2. The molecule has 8 nitrogen and oxygen atoms in total. The number of rotatable bonds is 8. The Balaban J connectivity index is 1.82. The Hall–Kier alpha value is -2.49. The predicted octanol–water partition coefficient (Wildman–Crippen LogP) is 2.33. The van der Waals surface area contributed by atoms with Gasteiger partial charge in [-0.2, -0.15) is 4.72 Å². The molecule has 31 heavy (non-hydrogen) atoms. The number of sulfonamides is 1. The van der Waals surface area contributed by atoms with E-state index in [9.17, 15) is 18.0 Å². The highest BCUT2D eigenvalue weighted by Gasteiger charge is 2.35. The molecule has 3 rings (SSSR count). The molecule has 1 heterocycles. The smallest absolute Gasteiger partial charge is 0.305 e. The van der Waals surface area contributed by atoms with Crippen molar-refractivity contribution in [2.24, 2.45) is 5.92 Å². The average Bonchev–Trinajstić information content (AvgIpc) is 3.12. The maximum absolute atomic E-state index is 13.2. The van der Waals surface area contributed by atoms with Gasteiger partial charge in [-0.25, -0.2) is 8.42 Å². The standard InChI is InChI=1S/C22H28N2O6S/c1-14(2)13-19(21(26)23-18-11-12-29-22(18)30-15(3)25)24-31(27,28)20-10-6-8-16-7-4-5-9-17(16)20/h4-10,14,18-19,22,24H,11-13H2,1-3H3,(H,23,26)/t18-,19-,22-/m0/s1. The number of benzene rings is 2. The summed E-state index contributed by atoms with van der Waals surface area (Å²) < 4.78 is 39.4. The van der Waals surface area contributed by atoms with Crippen LogP contribution in [0.5, 0.6) is 0 Å². The summed E-state index contributed by atoms with van der Waals surface area (Å²) in [7, 11) is -3.97. The van der Waals surface area contributed by atoms with E-state index in [0.717, 1.165) is 5.39 Å². The fourth-order valence-electron chi connectivity index (χ4n) is 3.63. The van der Waals surface area contributed by atoms with Crippen LogP contribution < -0.4 is 10.0 Å². The highest BCUT2D eigenvalue weighted by Crippen LogP contribution is 2.23. The van der Waals surface area contributed by atoms with Gasteiger partial charge in [0.05, 0.1) is 17.5 Å². The van der Waals surface area contributed by atoms with E-state index in [2.05, 4.69) is 10.0 Å². The van der Waals surface area contributed by atoms with Gasteiger partial charge in [0.25, 0.3) is 0 Å². The first kappa shape index (κ1) is 23.2. The van der Waals surface area contributed by atoms with Gasteiger partial charge in [-0.05, 0) is 30.2 Å². The fourth-order valence-corrected chi connectivity index (χ4v) is 5.07. The topological polar surface area (TPSA) is 111 Å². The van der Waals surface area contributed by atoms with Gasteiger partial charge in [-0.15, -0.1) is 0 Å². The second-order valence-electron chi connectivity index (χ2n) is 8.03. The van der Waals surface area contributed by atoms with Gasteiger partial charge < -0.3 is 14.8 Å². The van der Waals surface area contributed by atoms with Crippen molar-refractivity contribution in [3.05, 3.63) is 42.5 Å². The van der Waals surface area contributed by atoms with Crippen molar-refractivity contribution < 1.29 is 27.5 Å². The van der Waals surface area contributed by atoms with Gasteiger partial charge in [0.2, 0.25) is 22.2 Å². The maximum Gasteiger partial charge on any atom is 0.305 e. The molecule has 3 atom stereocenters. The van der Waals surface area contributed by atoms with Crippen LogP contribution in [0.3, 0.4) is 0 Å². The van der Waals surface area contributed by atoms with Crippen LogP contribution in [-0.2, 0) is 29.1 Å². The molecule has 0 saturated carbocycles. The molecule has 0 radical (unpaired) electrons. The Morgan fingerprint density at radius 1 is 1.16 bits per heavy atom. The van der Waals surface area contributed by atoms with Crippen molar-refractivity contribution in [1.29, 1.82) is 0 Å². The van der Waals surface area contributed by atoms with Crippen molar-refractivity contribution >= 4 is 32.7 Å². The van der Waals surface area contributed by atoms with Crippen molar-refractivity contribution in [3.63, 3.8) is 0 Å². The molecule has 0 bridgehead atoms. The van der Waals surface area contributed by atoms with Crippen molar-refractivity contribution in [1.82, 2.24) is 10.0 Å². The summed E-state index contributed by atoms with van der Waals surface area (Å²) in [6.07, 6.45) is -0.105. The number of amides is 1. The molecule has 168 valence electrons. The summed E-state index contributed by atoms with van der Waals surface area (Å²) in [6.45, 7) is 5.42. The molecular weight excluding hydrogens is 420 g/mol. The third-order valence-corrected chi connectivity index (χ3v) is 6.54. The molecule has 0 aliphatic carbocycles. The number of carbonyl (C=O) groups excluding carboxylic acids is 2. The SMILES string of the molecule is CC(=O)O[C@@H]1OCC[C@@H]1NC(=O)[C@H](CC(C)C)NS(=O)(=O)c1cccc2ccccc12. The first-order chi connectivity index (χ1) is 14.7. The summed E-state index contributed by atoms with van der Waals surface area (Å²) in [5, 5.41) is 4.16. The van der Waals surface area contributed by atoms with Crippen molar-refractivity contribution in [2.45, 2.75) is 56.9 Å². The van der Waals surface area contributed by atoms with Gasteiger partial charge >= 0.3 is 5.97 Å². The number of carbonyl (C=O) groups is 2. The molecule has 0 spiro atoms. The largest absolute Gasteiger partial charge is 0.434 e. The van der Waals surface area contributed by atoms with Crippen LogP contribution in [0.1, 0.15) is 33.6 Å². The zero-order valence-corrected chi connectivity index (χ0v) is 18.6. The lowest BCUT2D eigenvalue weighted by atomic mass is 10.0. The molecular formula is C22H28N2O6S. The number of fused-ring (bicyclic) bond motifs is 1. The quantitative estimate of drug-likeness (QED) is 0.600. The van der Waals surface area contributed by atoms with Gasteiger partial charge in [-0.3, -0.25) is 9.59 Å². The third kappa shape index (κ3) is 5.81. The van der Waals surface area contributed by atoms with E-state index in [1.54, 1.807) is 18.2 Å². The van der Waals surface area contributed by atoms with Crippen LogP contribution in [-0.4, -0.2) is 45.3 Å². The zero-order chi connectivity index (χ0) is 22.6. The van der Waals surface area contributed by atoms with Crippen LogP contribution in [0.2, 0.25) is 0 Å². The van der Waals surface area contributed by atoms with E-state index < -0.39 is 40.3 Å². The fraction of sp³-hybridized carbons (Fsp3) is 0.455. The number of nitrogens with one attached hydrogen (secondary N) is 2. The van der Waals surface area contributed by atoms with Crippen LogP contribution in [0, 0.1) is 5.92 Å². The first-order valence-corrected chi connectivity index (χ1v) is 11.7. The Kier molecular flexibility index (Phi) is 7.30. The molecule has 1 aliphatic heterocycles. The molecule has 1 amide bonds. The van der Waals surface area contributed by atoms with Crippen molar-refractivity contribution in [2.75, 3.05) is 6.61 Å². The molecule has 2 aromatic rings. The highest BCUT2D eigenvalue weighted by atomic mass is 32.2. The Labute approximate surface area is 182 Å². The summed E-state index contributed by atoms with van der Waals surface area (Å²) in [5.41, 5.74) is 0. The molecule has 0 aromatic heterocycles. The minimum atomic E-state index is -3.97. The van der Waals surface area contributed by atoms with Gasteiger partial charge in [0.1, 0.15) is 6.04 Å². The number of esters is 1. The third-order valence-electron chi connectivity index (χ3n) is 5.01. The van der Waals surface area contributed by atoms with E-state index in [0.29, 0.717) is 24.8 Å². The van der Waals surface area contributed by atoms with Crippen LogP contribution >= 0.6 is 0 Å². The minimum Gasteiger partial charge on any atom is -0.434 e. The summed E-state index contributed by atoms with van der Waals surface area (Å²) in [5.74, 6) is -0.929. The van der Waals surface area contributed by atoms with Crippen LogP contribution in [0.15, 0.2) is 47.4 Å². The monoisotopic (exact) mass is 448 g/mol. The number of ether oxygens (including phenoxy) is 2. The minimum absolute atomic E-state index is 0.0649. The predicted molar refractivity (Wildman–Crippen MR) is 116 cm³/mol. The van der Waals surface area contributed by atoms with E-state index in [1.807, 2.05) is 32.0 Å².